The summed E-state index contributed by atoms with van der Waals surface area (Å²) >= 11 is 0. The second kappa shape index (κ2) is 3.57. The number of nitrogens with zero attached hydrogens (tertiary/aromatic N) is 1. The molecule has 0 aliphatic carbocycles. The zero-order chi connectivity index (χ0) is 11.8. The molecule has 0 aliphatic heterocycles. The summed E-state index contributed by atoms with van der Waals surface area (Å²) in [6.45, 7) is 0. The molecule has 0 amide bonds. The summed E-state index contributed by atoms with van der Waals surface area (Å²) in [5.41, 5.74) is 0. The van der Waals surface area contributed by atoms with Gasteiger partial charge < -0.3 is 0 Å². The second-order valence-electron chi connectivity index (χ2n) is 2.31. The fraction of sp³-hybridized carbons (Fsp3) is 1.00. The van der Waals surface area contributed by atoms with E-state index in [2.05, 4.69) is 0 Å². The van der Waals surface area contributed by atoms with Crippen LogP contribution in [0.2, 0.25) is 0 Å². The number of sulfonamides is 1. The van der Waals surface area contributed by atoms with Gasteiger partial charge in [0.2, 0.25) is 10.0 Å². The molecule has 14 heavy (non-hydrogen) atoms. The van der Waals surface area contributed by atoms with Crippen molar-refractivity contribution in [2.45, 2.75) is 12.5 Å². The summed E-state index contributed by atoms with van der Waals surface area (Å²) in [7, 11) is -5.38. The van der Waals surface area contributed by atoms with Gasteiger partial charge in [-0.05, 0) is 0 Å². The molecule has 0 atom stereocenters. The Kier molecular flexibility index (Phi) is 3.44. The van der Waals surface area contributed by atoms with Crippen LogP contribution in [-0.2, 0) is 10.0 Å². The summed E-state index contributed by atoms with van der Waals surface area (Å²) in [5.74, 6) is -2.53. The first-order valence-corrected chi connectivity index (χ1v) is 4.57. The molecule has 0 unspecified atom stereocenters. The Balaban J connectivity index is 4.83. The van der Waals surface area contributed by atoms with Crippen LogP contribution < -0.4 is 0 Å². The number of hydrogen-bond acceptors (Lipinski definition) is 2. The number of rotatable bonds is 2. The minimum Gasteiger partial charge on any atom is -0.212 e. The predicted octanol–water partition coefficient (Wildman–Crippen LogP) is 1.33. The summed E-state index contributed by atoms with van der Waals surface area (Å²) in [4.78, 5) is 0. The van der Waals surface area contributed by atoms with E-state index in [-0.39, 0.29) is 7.05 Å². The average Bonchev–Trinajstić information content (AvgIpc) is 1.78. The minimum absolute atomic E-state index is 0.0150. The Labute approximate surface area is 75.3 Å². The highest BCUT2D eigenvalue weighted by molar-refractivity contribution is 7.89. The van der Waals surface area contributed by atoms with E-state index in [0.29, 0.717) is 0 Å². The molecule has 0 spiro atoms. The monoisotopic (exact) mass is 245 g/mol. The van der Waals surface area contributed by atoms with Crippen LogP contribution in [0.5, 0.6) is 0 Å². The van der Waals surface area contributed by atoms with Crippen molar-refractivity contribution in [2.75, 3.05) is 12.8 Å². The van der Waals surface area contributed by atoms with Crippen LogP contribution in [0.15, 0.2) is 0 Å². The molecule has 0 fully saturated rings. The fourth-order valence-corrected chi connectivity index (χ4v) is 1.38. The smallest absolute Gasteiger partial charge is 0.212 e. The predicted molar refractivity (Wildman–Crippen MR) is 33.7 cm³/mol. The average molecular weight is 245 g/mol. The van der Waals surface area contributed by atoms with E-state index < -0.39 is 32.6 Å². The maximum absolute atomic E-state index is 11.7. The van der Waals surface area contributed by atoms with Crippen molar-refractivity contribution in [1.29, 1.82) is 0 Å². The molecule has 0 aromatic rings. The zero-order valence-electron chi connectivity index (χ0n) is 6.65. The standard InChI is InChI=1S/C4H5F6NO2S/c1-11(4(8,9)10)14(12,13)2-3(5,6)7/h2H2,1H3. The van der Waals surface area contributed by atoms with Crippen LogP contribution in [0.3, 0.4) is 0 Å². The van der Waals surface area contributed by atoms with Crippen LogP contribution in [0, 0.1) is 0 Å². The van der Waals surface area contributed by atoms with E-state index >= 15 is 0 Å². The Morgan fingerprint density at radius 1 is 1.07 bits per heavy atom. The van der Waals surface area contributed by atoms with E-state index in [4.69, 9.17) is 0 Å². The van der Waals surface area contributed by atoms with Gasteiger partial charge in [-0.25, -0.2) is 8.42 Å². The summed E-state index contributed by atoms with van der Waals surface area (Å²) < 4.78 is 89.4. The van der Waals surface area contributed by atoms with Gasteiger partial charge in [-0.15, -0.1) is 4.31 Å². The van der Waals surface area contributed by atoms with Crippen molar-refractivity contribution in [2.24, 2.45) is 0 Å². The Hall–Kier alpha value is -0.510. The first kappa shape index (κ1) is 13.5. The fourth-order valence-electron chi connectivity index (χ4n) is 0.461. The Morgan fingerprint density at radius 3 is 1.64 bits per heavy atom. The van der Waals surface area contributed by atoms with Crippen molar-refractivity contribution < 1.29 is 34.8 Å². The largest absolute Gasteiger partial charge is 0.473 e. The molecular weight excluding hydrogens is 240 g/mol. The van der Waals surface area contributed by atoms with Gasteiger partial charge in [0, 0.05) is 7.05 Å². The van der Waals surface area contributed by atoms with Gasteiger partial charge in [-0.3, -0.25) is 0 Å². The van der Waals surface area contributed by atoms with Crippen LogP contribution >= 0.6 is 0 Å². The summed E-state index contributed by atoms with van der Waals surface area (Å²) in [6, 6.07) is 0. The van der Waals surface area contributed by atoms with E-state index in [1.165, 1.54) is 0 Å². The van der Waals surface area contributed by atoms with Gasteiger partial charge in [0.25, 0.3) is 0 Å². The van der Waals surface area contributed by atoms with E-state index in [9.17, 15) is 34.8 Å². The highest BCUT2D eigenvalue weighted by Gasteiger charge is 2.47. The van der Waals surface area contributed by atoms with Gasteiger partial charge in [-0.1, -0.05) is 0 Å². The van der Waals surface area contributed by atoms with Crippen LogP contribution in [-0.4, -0.2) is 38.0 Å². The third-order valence-corrected chi connectivity index (χ3v) is 2.85. The normalized spacial score (nSPS) is 14.9. The van der Waals surface area contributed by atoms with Crippen molar-refractivity contribution in [1.82, 2.24) is 4.31 Å². The van der Waals surface area contributed by atoms with E-state index in [0.717, 1.165) is 0 Å². The molecule has 0 heterocycles. The molecular formula is C4H5F6NO2S. The topological polar surface area (TPSA) is 37.4 Å². The number of alkyl halides is 6. The quantitative estimate of drug-likeness (QED) is 0.543. The van der Waals surface area contributed by atoms with Gasteiger partial charge in [0.15, 0.2) is 5.75 Å². The molecule has 3 nitrogen and oxygen atoms in total. The van der Waals surface area contributed by atoms with Gasteiger partial charge in [-0.2, -0.15) is 26.3 Å². The lowest BCUT2D eigenvalue weighted by molar-refractivity contribution is -0.203. The molecule has 0 aliphatic rings. The van der Waals surface area contributed by atoms with E-state index in [1.807, 2.05) is 0 Å². The third-order valence-electron chi connectivity index (χ3n) is 1.12. The number of hydrogen-bond donors (Lipinski definition) is 0. The third kappa shape index (κ3) is 4.13. The van der Waals surface area contributed by atoms with Crippen molar-refractivity contribution in [3.05, 3.63) is 0 Å². The van der Waals surface area contributed by atoms with Crippen LogP contribution in [0.4, 0.5) is 26.3 Å². The van der Waals surface area contributed by atoms with Gasteiger partial charge in [0.05, 0.1) is 0 Å². The molecule has 0 rings (SSSR count). The molecule has 86 valence electrons. The zero-order valence-corrected chi connectivity index (χ0v) is 7.46. The minimum atomic E-state index is -5.39. The van der Waals surface area contributed by atoms with E-state index in [1.54, 1.807) is 0 Å². The molecule has 0 radical (unpaired) electrons. The SMILES string of the molecule is CN(C(F)(F)F)S(=O)(=O)CC(F)(F)F. The first-order chi connectivity index (χ1) is 5.86. The molecule has 0 bridgehead atoms. The molecule has 0 N–H and O–H groups in total. The lowest BCUT2D eigenvalue weighted by atomic mass is 10.8. The second-order valence-corrected chi connectivity index (χ2v) is 4.31. The van der Waals surface area contributed by atoms with Gasteiger partial charge >= 0.3 is 12.5 Å². The van der Waals surface area contributed by atoms with Gasteiger partial charge in [0.1, 0.15) is 0 Å². The highest BCUT2D eigenvalue weighted by atomic mass is 32.2. The summed E-state index contributed by atoms with van der Waals surface area (Å²) in [6.07, 6.45) is -10.5. The number of halogens is 6. The lowest BCUT2D eigenvalue weighted by Gasteiger charge is -2.20. The Bertz CT molecular complexity index is 290. The van der Waals surface area contributed by atoms with Crippen molar-refractivity contribution in [3.8, 4) is 0 Å². The molecule has 10 heteroatoms. The Morgan fingerprint density at radius 2 is 1.43 bits per heavy atom. The lowest BCUT2D eigenvalue weighted by Crippen LogP contribution is -2.43. The highest BCUT2D eigenvalue weighted by Crippen LogP contribution is 2.26. The summed E-state index contributed by atoms with van der Waals surface area (Å²) in [5, 5.41) is 0. The molecule has 0 saturated heterocycles. The first-order valence-electron chi connectivity index (χ1n) is 2.96. The molecule has 0 aromatic heterocycles. The molecule has 0 aromatic carbocycles. The van der Waals surface area contributed by atoms with Crippen LogP contribution in [0.25, 0.3) is 0 Å². The van der Waals surface area contributed by atoms with Crippen molar-refractivity contribution >= 4 is 10.0 Å². The maximum Gasteiger partial charge on any atom is 0.473 e. The maximum atomic E-state index is 11.7. The van der Waals surface area contributed by atoms with Crippen molar-refractivity contribution in [3.63, 3.8) is 0 Å². The van der Waals surface area contributed by atoms with Crippen LogP contribution in [0.1, 0.15) is 0 Å². The molecule has 0 saturated carbocycles.